The zero-order valence-corrected chi connectivity index (χ0v) is 16.3. The number of benzene rings is 2. The molecule has 0 spiro atoms. The lowest BCUT2D eigenvalue weighted by Gasteiger charge is -2.12. The first kappa shape index (κ1) is 19.0. The second-order valence-electron chi connectivity index (χ2n) is 6.18. The zero-order valence-electron chi connectivity index (χ0n) is 15.5. The molecule has 0 bridgehead atoms. The molecule has 140 valence electrons. The number of nitrogens with zero attached hydrogens (tertiary/aromatic N) is 1. The van der Waals surface area contributed by atoms with Crippen LogP contribution in [0.1, 0.15) is 38.4 Å². The molecule has 27 heavy (non-hydrogen) atoms. The third kappa shape index (κ3) is 4.52. The average molecular weight is 384 g/mol. The van der Waals surface area contributed by atoms with Crippen LogP contribution in [0.2, 0.25) is 0 Å². The molecule has 2 aromatic carbocycles. The first-order chi connectivity index (χ1) is 13.0. The Morgan fingerprint density at radius 3 is 2.63 bits per heavy atom. The van der Waals surface area contributed by atoms with Gasteiger partial charge in [-0.25, -0.2) is 9.37 Å². The summed E-state index contributed by atoms with van der Waals surface area (Å²) in [5, 5.41) is 3.73. The van der Waals surface area contributed by atoms with Gasteiger partial charge >= 0.3 is 0 Å². The summed E-state index contributed by atoms with van der Waals surface area (Å²) < 4.78 is 18.6. The van der Waals surface area contributed by atoms with Crippen molar-refractivity contribution in [3.63, 3.8) is 0 Å². The number of ether oxygens (including phenoxy) is 1. The maximum atomic E-state index is 12.9. The van der Waals surface area contributed by atoms with Gasteiger partial charge in [-0.1, -0.05) is 25.1 Å². The number of carbonyl (C=O) groups is 1. The van der Waals surface area contributed by atoms with Gasteiger partial charge < -0.3 is 10.1 Å². The fraction of sp³-hybridized carbons (Fsp3) is 0.238. The van der Waals surface area contributed by atoms with Crippen LogP contribution in [0.4, 0.5) is 10.1 Å². The average Bonchev–Trinajstić information content (AvgIpc) is 3.03. The number of halogens is 1. The van der Waals surface area contributed by atoms with Gasteiger partial charge in [0.15, 0.2) is 0 Å². The lowest BCUT2D eigenvalue weighted by atomic mass is 10.1. The summed E-state index contributed by atoms with van der Waals surface area (Å²) in [4.78, 5) is 17.8. The van der Waals surface area contributed by atoms with E-state index in [1.54, 1.807) is 12.1 Å². The molecule has 0 saturated carbocycles. The quantitative estimate of drug-likeness (QED) is 0.628. The maximum Gasteiger partial charge on any atom is 0.267 e. The van der Waals surface area contributed by atoms with Gasteiger partial charge in [-0.3, -0.25) is 4.79 Å². The van der Waals surface area contributed by atoms with Crippen molar-refractivity contribution in [3.05, 3.63) is 75.0 Å². The van der Waals surface area contributed by atoms with Gasteiger partial charge in [0, 0.05) is 5.69 Å². The molecule has 0 aliphatic rings. The van der Waals surface area contributed by atoms with Crippen molar-refractivity contribution < 1.29 is 13.9 Å². The van der Waals surface area contributed by atoms with Gasteiger partial charge in [-0.15, -0.1) is 11.3 Å². The number of rotatable bonds is 6. The summed E-state index contributed by atoms with van der Waals surface area (Å²) in [6.07, 6.45) is 0.843. The van der Waals surface area contributed by atoms with Crippen molar-refractivity contribution >= 4 is 22.9 Å². The minimum Gasteiger partial charge on any atom is -0.486 e. The monoisotopic (exact) mass is 384 g/mol. The predicted octanol–water partition coefficient (Wildman–Crippen LogP) is 5.29. The van der Waals surface area contributed by atoms with Crippen LogP contribution in [0.25, 0.3) is 0 Å². The van der Waals surface area contributed by atoms with Gasteiger partial charge in [0.1, 0.15) is 28.1 Å². The molecule has 1 N–H and O–H groups in total. The van der Waals surface area contributed by atoms with Crippen molar-refractivity contribution in [1.82, 2.24) is 4.98 Å². The highest BCUT2D eigenvalue weighted by atomic mass is 32.1. The Morgan fingerprint density at radius 1 is 1.19 bits per heavy atom. The largest absolute Gasteiger partial charge is 0.486 e. The van der Waals surface area contributed by atoms with E-state index in [4.69, 9.17) is 4.74 Å². The molecule has 0 aliphatic heterocycles. The minimum atomic E-state index is -0.311. The van der Waals surface area contributed by atoms with Crippen LogP contribution in [0.3, 0.4) is 0 Å². The Morgan fingerprint density at radius 2 is 1.93 bits per heavy atom. The Balaban J connectivity index is 1.72. The summed E-state index contributed by atoms with van der Waals surface area (Å²) in [6.45, 7) is 6.09. The molecule has 0 saturated heterocycles. The standard InChI is InChI=1S/C21H21FN2O2S/c1-4-15-7-5-6-13(2)19(15)24-21(25)20-14(3)23-18(27-20)12-26-17-10-8-16(22)9-11-17/h5-11H,4,12H2,1-3H3,(H,24,25). The molecule has 1 aromatic heterocycles. The number of para-hydroxylation sites is 1. The Bertz CT molecular complexity index is 951. The first-order valence-corrected chi connectivity index (χ1v) is 9.54. The molecule has 0 radical (unpaired) electrons. The van der Waals surface area contributed by atoms with Gasteiger partial charge in [0.25, 0.3) is 5.91 Å². The van der Waals surface area contributed by atoms with Gasteiger partial charge in [-0.05, 0) is 55.7 Å². The van der Waals surface area contributed by atoms with E-state index in [9.17, 15) is 9.18 Å². The van der Waals surface area contributed by atoms with Crippen molar-refractivity contribution in [2.45, 2.75) is 33.8 Å². The molecule has 1 heterocycles. The summed E-state index contributed by atoms with van der Waals surface area (Å²) in [5.41, 5.74) is 3.67. The number of hydrogen-bond acceptors (Lipinski definition) is 4. The highest BCUT2D eigenvalue weighted by molar-refractivity contribution is 7.13. The highest BCUT2D eigenvalue weighted by Crippen LogP contribution is 2.25. The summed E-state index contributed by atoms with van der Waals surface area (Å²) in [6, 6.07) is 11.8. The predicted molar refractivity (Wildman–Crippen MR) is 106 cm³/mol. The fourth-order valence-corrected chi connectivity index (χ4v) is 3.65. The second-order valence-corrected chi connectivity index (χ2v) is 7.27. The number of aryl methyl sites for hydroxylation is 3. The van der Waals surface area contributed by atoms with E-state index in [1.165, 1.54) is 23.5 Å². The van der Waals surface area contributed by atoms with E-state index in [0.717, 1.165) is 23.2 Å². The summed E-state index contributed by atoms with van der Waals surface area (Å²) >= 11 is 1.31. The van der Waals surface area contributed by atoms with Crippen LogP contribution >= 0.6 is 11.3 Å². The van der Waals surface area contributed by atoms with Crippen LogP contribution in [-0.4, -0.2) is 10.9 Å². The number of hydrogen-bond donors (Lipinski definition) is 1. The van der Waals surface area contributed by atoms with Crippen LogP contribution in [-0.2, 0) is 13.0 Å². The van der Waals surface area contributed by atoms with E-state index < -0.39 is 0 Å². The van der Waals surface area contributed by atoms with E-state index in [1.807, 2.05) is 32.0 Å². The van der Waals surface area contributed by atoms with Crippen molar-refractivity contribution in [2.75, 3.05) is 5.32 Å². The molecular weight excluding hydrogens is 363 g/mol. The molecule has 0 fully saturated rings. The van der Waals surface area contributed by atoms with Crippen LogP contribution < -0.4 is 10.1 Å². The highest BCUT2D eigenvalue weighted by Gasteiger charge is 2.17. The van der Waals surface area contributed by atoms with Crippen LogP contribution in [0, 0.1) is 19.7 Å². The van der Waals surface area contributed by atoms with Crippen molar-refractivity contribution in [2.24, 2.45) is 0 Å². The van der Waals surface area contributed by atoms with E-state index >= 15 is 0 Å². The number of thiazole rings is 1. The van der Waals surface area contributed by atoms with Gasteiger partial charge in [-0.2, -0.15) is 0 Å². The van der Waals surface area contributed by atoms with Gasteiger partial charge in [0.05, 0.1) is 5.69 Å². The van der Waals surface area contributed by atoms with E-state index in [-0.39, 0.29) is 18.3 Å². The molecule has 1 amide bonds. The number of carbonyl (C=O) groups excluding carboxylic acids is 1. The smallest absolute Gasteiger partial charge is 0.267 e. The molecule has 0 atom stereocenters. The SMILES string of the molecule is CCc1cccc(C)c1NC(=O)c1sc(COc2ccc(F)cc2)nc1C. The fourth-order valence-electron chi connectivity index (χ4n) is 2.77. The van der Waals surface area contributed by atoms with E-state index in [0.29, 0.717) is 21.3 Å². The van der Waals surface area contributed by atoms with Crippen LogP contribution in [0.15, 0.2) is 42.5 Å². The Labute approximate surface area is 162 Å². The van der Waals surface area contributed by atoms with Crippen molar-refractivity contribution in [1.29, 1.82) is 0 Å². The maximum absolute atomic E-state index is 12.9. The van der Waals surface area contributed by atoms with Gasteiger partial charge in [0.2, 0.25) is 0 Å². The molecule has 3 aromatic rings. The van der Waals surface area contributed by atoms with Crippen molar-refractivity contribution in [3.8, 4) is 5.75 Å². The van der Waals surface area contributed by atoms with E-state index in [2.05, 4.69) is 17.2 Å². The topological polar surface area (TPSA) is 51.2 Å². The Kier molecular flexibility index (Phi) is 5.86. The molecule has 0 aliphatic carbocycles. The molecule has 0 unspecified atom stereocenters. The first-order valence-electron chi connectivity index (χ1n) is 8.72. The minimum absolute atomic E-state index is 0.165. The lowest BCUT2D eigenvalue weighted by Crippen LogP contribution is -2.14. The lowest BCUT2D eigenvalue weighted by molar-refractivity contribution is 0.102. The zero-order chi connectivity index (χ0) is 19.4. The third-order valence-corrected chi connectivity index (χ3v) is 5.33. The number of anilines is 1. The molecule has 4 nitrogen and oxygen atoms in total. The van der Waals surface area contributed by atoms with Crippen LogP contribution in [0.5, 0.6) is 5.75 Å². The number of amides is 1. The normalized spacial score (nSPS) is 10.7. The Hall–Kier alpha value is -2.73. The molecule has 6 heteroatoms. The third-order valence-electron chi connectivity index (χ3n) is 4.20. The summed E-state index contributed by atoms with van der Waals surface area (Å²) in [7, 11) is 0. The summed E-state index contributed by atoms with van der Waals surface area (Å²) in [5.74, 6) is 0.0823. The number of aromatic nitrogens is 1. The second kappa shape index (κ2) is 8.31. The molecule has 3 rings (SSSR count). The molecular formula is C21H21FN2O2S. The number of nitrogens with one attached hydrogen (secondary N) is 1.